The van der Waals surface area contributed by atoms with Gasteiger partial charge in [0.05, 0.1) is 6.54 Å². The van der Waals surface area contributed by atoms with E-state index < -0.39 is 10.0 Å². The van der Waals surface area contributed by atoms with Crippen LogP contribution in [0.3, 0.4) is 0 Å². The Kier molecular flexibility index (Phi) is 7.08. The smallest absolute Gasteiger partial charge is 0.238 e. The lowest BCUT2D eigenvalue weighted by molar-refractivity contribution is -0.117. The zero-order valence-corrected chi connectivity index (χ0v) is 17.8. The lowest BCUT2D eigenvalue weighted by atomic mass is 10.2. The van der Waals surface area contributed by atoms with Crippen molar-refractivity contribution in [2.45, 2.75) is 6.92 Å². The first kappa shape index (κ1) is 21.5. The Balaban J connectivity index is 1.51. The van der Waals surface area contributed by atoms with Crippen molar-refractivity contribution >= 4 is 39.3 Å². The van der Waals surface area contributed by atoms with Crippen LogP contribution < -0.4 is 5.32 Å². The Bertz CT molecular complexity index is 985. The van der Waals surface area contributed by atoms with E-state index in [0.29, 0.717) is 36.9 Å². The van der Waals surface area contributed by atoms with E-state index in [1.807, 2.05) is 48.2 Å². The summed E-state index contributed by atoms with van der Waals surface area (Å²) in [6.07, 6.45) is 1.60. The number of carbonyl (C=O) groups is 1. The van der Waals surface area contributed by atoms with Gasteiger partial charge in [-0.3, -0.25) is 9.69 Å². The minimum Gasteiger partial charge on any atom is -0.325 e. The van der Waals surface area contributed by atoms with Crippen LogP contribution in [-0.4, -0.2) is 56.3 Å². The molecule has 0 saturated carbocycles. The summed E-state index contributed by atoms with van der Waals surface area (Å²) in [5.74, 6) is -0.143. The molecule has 0 bridgehead atoms. The standard InChI is InChI=1S/C21H24ClN3O3S/c1-17-19(22)8-5-9-20(17)23-21(26)16-24-11-13-25(14-12-24)29(27,28)15-10-18-6-3-2-4-7-18/h2-10,15H,11-14,16H2,1H3,(H,23,26). The van der Waals surface area contributed by atoms with Gasteiger partial charge in [0, 0.05) is 42.3 Å². The van der Waals surface area contributed by atoms with Crippen molar-refractivity contribution < 1.29 is 13.2 Å². The number of sulfonamides is 1. The molecule has 1 aliphatic heterocycles. The van der Waals surface area contributed by atoms with Gasteiger partial charge in [0.1, 0.15) is 0 Å². The van der Waals surface area contributed by atoms with E-state index in [1.54, 1.807) is 18.2 Å². The third-order valence-electron chi connectivity index (χ3n) is 4.83. The van der Waals surface area contributed by atoms with E-state index in [0.717, 1.165) is 11.1 Å². The van der Waals surface area contributed by atoms with Crippen molar-refractivity contribution in [1.29, 1.82) is 0 Å². The van der Waals surface area contributed by atoms with Crippen LogP contribution in [0.1, 0.15) is 11.1 Å². The number of piperazine rings is 1. The van der Waals surface area contributed by atoms with Gasteiger partial charge in [0.25, 0.3) is 0 Å². The minimum absolute atomic E-state index is 0.143. The van der Waals surface area contributed by atoms with Crippen molar-refractivity contribution in [3.63, 3.8) is 0 Å². The maximum Gasteiger partial charge on any atom is 0.238 e. The molecule has 2 aromatic carbocycles. The number of halogens is 1. The Hall–Kier alpha value is -2.19. The molecule has 0 aliphatic carbocycles. The quantitative estimate of drug-likeness (QED) is 0.759. The van der Waals surface area contributed by atoms with Gasteiger partial charge in [-0.15, -0.1) is 0 Å². The molecule has 154 valence electrons. The maximum absolute atomic E-state index is 12.5. The van der Waals surface area contributed by atoms with Gasteiger partial charge in [-0.1, -0.05) is 48.0 Å². The average Bonchev–Trinajstić information content (AvgIpc) is 2.71. The minimum atomic E-state index is -3.48. The molecule has 0 radical (unpaired) electrons. The summed E-state index contributed by atoms with van der Waals surface area (Å²) in [6.45, 7) is 3.76. The molecular formula is C21H24ClN3O3S. The van der Waals surface area contributed by atoms with Crippen molar-refractivity contribution in [2.75, 3.05) is 38.0 Å². The Labute approximate surface area is 176 Å². The van der Waals surface area contributed by atoms with Crippen molar-refractivity contribution in [2.24, 2.45) is 0 Å². The number of hydrogen-bond donors (Lipinski definition) is 1. The van der Waals surface area contributed by atoms with Gasteiger partial charge < -0.3 is 5.32 Å². The molecule has 1 amide bonds. The van der Waals surface area contributed by atoms with Crippen molar-refractivity contribution in [1.82, 2.24) is 9.21 Å². The lowest BCUT2D eigenvalue weighted by Gasteiger charge is -2.32. The van der Waals surface area contributed by atoms with Gasteiger partial charge in [-0.2, -0.15) is 4.31 Å². The summed E-state index contributed by atoms with van der Waals surface area (Å²) in [7, 11) is -3.48. The summed E-state index contributed by atoms with van der Waals surface area (Å²) < 4.78 is 26.5. The molecule has 3 rings (SSSR count). The predicted molar refractivity (Wildman–Crippen MR) is 117 cm³/mol. The number of carbonyl (C=O) groups excluding carboxylic acids is 1. The fraction of sp³-hybridized carbons (Fsp3) is 0.286. The predicted octanol–water partition coefficient (Wildman–Crippen LogP) is 3.21. The summed E-state index contributed by atoms with van der Waals surface area (Å²) in [6, 6.07) is 14.7. The van der Waals surface area contributed by atoms with Crippen LogP contribution in [0.25, 0.3) is 6.08 Å². The highest BCUT2D eigenvalue weighted by Gasteiger charge is 2.26. The largest absolute Gasteiger partial charge is 0.325 e. The number of nitrogens with zero attached hydrogens (tertiary/aromatic N) is 2. The first-order valence-electron chi connectivity index (χ1n) is 9.36. The zero-order chi connectivity index (χ0) is 20.9. The fourth-order valence-corrected chi connectivity index (χ4v) is 4.44. The number of nitrogens with one attached hydrogen (secondary N) is 1. The molecule has 1 heterocycles. The Morgan fingerprint density at radius 3 is 2.45 bits per heavy atom. The zero-order valence-electron chi connectivity index (χ0n) is 16.2. The second-order valence-electron chi connectivity index (χ2n) is 6.89. The molecule has 1 fully saturated rings. The summed E-state index contributed by atoms with van der Waals surface area (Å²) in [5, 5.41) is 4.71. The van der Waals surface area contributed by atoms with Crippen LogP contribution in [0.4, 0.5) is 5.69 Å². The van der Waals surface area contributed by atoms with Crippen molar-refractivity contribution in [3.8, 4) is 0 Å². The molecule has 2 aromatic rings. The van der Waals surface area contributed by atoms with E-state index in [1.165, 1.54) is 9.71 Å². The molecule has 0 aromatic heterocycles. The summed E-state index contributed by atoms with van der Waals surface area (Å²) in [5.41, 5.74) is 2.35. The average molecular weight is 434 g/mol. The Morgan fingerprint density at radius 2 is 1.76 bits per heavy atom. The van der Waals surface area contributed by atoms with Gasteiger partial charge in [0.2, 0.25) is 15.9 Å². The van der Waals surface area contributed by atoms with Crippen LogP contribution in [0.2, 0.25) is 5.02 Å². The highest BCUT2D eigenvalue weighted by Crippen LogP contribution is 2.23. The molecule has 6 nitrogen and oxygen atoms in total. The SMILES string of the molecule is Cc1c(Cl)cccc1NC(=O)CN1CCN(S(=O)(=O)C=Cc2ccccc2)CC1. The van der Waals surface area contributed by atoms with E-state index in [2.05, 4.69) is 5.32 Å². The van der Waals surface area contributed by atoms with Crippen LogP contribution in [0.15, 0.2) is 53.9 Å². The Morgan fingerprint density at radius 1 is 1.07 bits per heavy atom. The normalized spacial score (nSPS) is 16.2. The molecular weight excluding hydrogens is 410 g/mol. The number of amides is 1. The first-order chi connectivity index (χ1) is 13.8. The highest BCUT2D eigenvalue weighted by atomic mass is 35.5. The third-order valence-corrected chi connectivity index (χ3v) is 6.81. The molecule has 29 heavy (non-hydrogen) atoms. The number of hydrogen-bond acceptors (Lipinski definition) is 4. The number of anilines is 1. The molecule has 1 N–H and O–H groups in total. The highest BCUT2D eigenvalue weighted by molar-refractivity contribution is 7.92. The third kappa shape index (κ3) is 5.90. The van der Waals surface area contributed by atoms with Gasteiger partial charge in [-0.25, -0.2) is 8.42 Å². The number of benzene rings is 2. The second kappa shape index (κ2) is 9.54. The van der Waals surface area contributed by atoms with E-state index >= 15 is 0 Å². The van der Waals surface area contributed by atoms with Crippen LogP contribution in [-0.2, 0) is 14.8 Å². The maximum atomic E-state index is 12.5. The van der Waals surface area contributed by atoms with Gasteiger partial charge in [0.15, 0.2) is 0 Å². The summed E-state index contributed by atoms with van der Waals surface area (Å²) >= 11 is 6.08. The van der Waals surface area contributed by atoms with Gasteiger partial charge in [-0.05, 0) is 36.3 Å². The molecule has 0 unspecified atom stereocenters. The lowest BCUT2D eigenvalue weighted by Crippen LogP contribution is -2.49. The van der Waals surface area contributed by atoms with Crippen LogP contribution >= 0.6 is 11.6 Å². The van der Waals surface area contributed by atoms with E-state index in [4.69, 9.17) is 11.6 Å². The molecule has 0 spiro atoms. The van der Waals surface area contributed by atoms with Gasteiger partial charge >= 0.3 is 0 Å². The van der Waals surface area contributed by atoms with Crippen molar-refractivity contribution in [3.05, 3.63) is 70.1 Å². The molecule has 1 saturated heterocycles. The second-order valence-corrected chi connectivity index (χ2v) is 9.12. The van der Waals surface area contributed by atoms with E-state index in [-0.39, 0.29) is 12.5 Å². The monoisotopic (exact) mass is 433 g/mol. The topological polar surface area (TPSA) is 69.7 Å². The number of rotatable bonds is 6. The molecule has 8 heteroatoms. The first-order valence-corrected chi connectivity index (χ1v) is 11.2. The molecule has 1 aliphatic rings. The van der Waals surface area contributed by atoms with Crippen LogP contribution in [0.5, 0.6) is 0 Å². The molecule has 0 atom stereocenters. The van der Waals surface area contributed by atoms with E-state index in [9.17, 15) is 13.2 Å². The van der Waals surface area contributed by atoms with Crippen LogP contribution in [0, 0.1) is 6.92 Å². The fourth-order valence-electron chi connectivity index (χ4n) is 3.09. The summed E-state index contributed by atoms with van der Waals surface area (Å²) in [4.78, 5) is 14.3.